The van der Waals surface area contributed by atoms with Crippen molar-refractivity contribution in [1.29, 1.82) is 0 Å². The van der Waals surface area contributed by atoms with E-state index in [9.17, 15) is 4.39 Å². The molecule has 1 aromatic heterocycles. The zero-order valence-corrected chi connectivity index (χ0v) is 15.3. The predicted molar refractivity (Wildman–Crippen MR) is 107 cm³/mol. The van der Waals surface area contributed by atoms with Gasteiger partial charge in [0, 0.05) is 13.1 Å². The van der Waals surface area contributed by atoms with Crippen LogP contribution < -0.4 is 4.90 Å². The van der Waals surface area contributed by atoms with E-state index in [2.05, 4.69) is 29.2 Å². The molecular weight excluding hydrogens is 355 g/mol. The first-order valence-corrected chi connectivity index (χ1v) is 9.25. The lowest BCUT2D eigenvalue weighted by Crippen LogP contribution is -2.14. The van der Waals surface area contributed by atoms with Crippen LogP contribution in [0.15, 0.2) is 71.1 Å². The van der Waals surface area contributed by atoms with E-state index in [0.717, 1.165) is 40.9 Å². The van der Waals surface area contributed by atoms with Crippen LogP contribution in [0.25, 0.3) is 22.2 Å². The lowest BCUT2D eigenvalue weighted by atomic mass is 10.0. The lowest BCUT2D eigenvalue weighted by Gasteiger charge is -2.10. The summed E-state index contributed by atoms with van der Waals surface area (Å²) in [4.78, 5) is 6.88. The Bertz CT molecular complexity index is 1100. The third kappa shape index (κ3) is 3.14. The maximum Gasteiger partial charge on any atom is 0.298 e. The minimum absolute atomic E-state index is 0.278. The largest absolute Gasteiger partial charge is 0.423 e. The van der Waals surface area contributed by atoms with Gasteiger partial charge in [-0.25, -0.2) is 4.39 Å². The number of oxazole rings is 1. The first kappa shape index (κ1) is 17.0. The van der Waals surface area contributed by atoms with Crippen molar-refractivity contribution in [2.24, 2.45) is 0 Å². The molecule has 0 bridgehead atoms. The summed E-state index contributed by atoms with van der Waals surface area (Å²) >= 11 is 0. The van der Waals surface area contributed by atoms with Crippen molar-refractivity contribution in [3.05, 3.63) is 83.4 Å². The van der Waals surface area contributed by atoms with E-state index in [-0.39, 0.29) is 6.61 Å². The smallest absolute Gasteiger partial charge is 0.298 e. The Morgan fingerprint density at radius 1 is 0.929 bits per heavy atom. The second kappa shape index (κ2) is 7.09. The number of alkyl halides is 1. The van der Waals surface area contributed by atoms with Crippen LogP contribution in [-0.2, 0) is 24.4 Å². The molecule has 4 aromatic rings. The molecule has 0 unspecified atom stereocenters. The zero-order valence-electron chi connectivity index (χ0n) is 15.3. The summed E-state index contributed by atoms with van der Waals surface area (Å²) < 4.78 is 22.9. The molecule has 3 aromatic carbocycles. The van der Waals surface area contributed by atoms with E-state index in [4.69, 9.17) is 14.1 Å². The van der Waals surface area contributed by atoms with Crippen molar-refractivity contribution < 1.29 is 13.5 Å². The molecule has 0 N–H and O–H groups in total. The van der Waals surface area contributed by atoms with Crippen molar-refractivity contribution >= 4 is 17.1 Å². The van der Waals surface area contributed by atoms with Gasteiger partial charge in [-0.2, -0.15) is 4.98 Å². The van der Waals surface area contributed by atoms with Crippen LogP contribution >= 0.6 is 0 Å². The number of aromatic nitrogens is 1. The molecule has 0 saturated heterocycles. The minimum atomic E-state index is -0.769. The first-order chi connectivity index (χ1) is 13.8. The van der Waals surface area contributed by atoms with Gasteiger partial charge in [0.2, 0.25) is 0 Å². The molecule has 0 atom stereocenters. The quantitative estimate of drug-likeness (QED) is 0.465. The molecule has 1 aliphatic heterocycles. The molecule has 140 valence electrons. The van der Waals surface area contributed by atoms with Gasteiger partial charge < -0.3 is 14.1 Å². The number of halogens is 1. The molecule has 0 amide bonds. The summed E-state index contributed by atoms with van der Waals surface area (Å²) in [6.07, 6.45) is 0. The molecule has 28 heavy (non-hydrogen) atoms. The normalized spacial score (nSPS) is 13.2. The van der Waals surface area contributed by atoms with Crippen LogP contribution in [0.1, 0.15) is 16.7 Å². The Kier molecular flexibility index (Phi) is 4.29. The fourth-order valence-electron chi connectivity index (χ4n) is 3.65. The van der Waals surface area contributed by atoms with Gasteiger partial charge >= 0.3 is 0 Å². The van der Waals surface area contributed by atoms with Crippen LogP contribution in [0.3, 0.4) is 0 Å². The van der Waals surface area contributed by atoms with Gasteiger partial charge in [0.15, 0.2) is 12.4 Å². The number of fused-ring (bicyclic) bond motifs is 2. The second-order valence-electron chi connectivity index (χ2n) is 6.96. The van der Waals surface area contributed by atoms with Gasteiger partial charge in [-0.3, -0.25) is 0 Å². The van der Waals surface area contributed by atoms with Crippen LogP contribution in [0.5, 0.6) is 0 Å². The van der Waals surface area contributed by atoms with E-state index < -0.39 is 6.86 Å². The summed E-state index contributed by atoms with van der Waals surface area (Å²) in [6, 6.07) is 23.0. The number of nitrogens with zero attached hydrogens (tertiary/aromatic N) is 2. The fraction of sp³-hybridized carbons (Fsp3) is 0.174. The first-order valence-electron chi connectivity index (χ1n) is 9.25. The van der Waals surface area contributed by atoms with Crippen LogP contribution in [0, 0.1) is 0 Å². The standard InChI is InChI=1S/C23H19FN2O2/c24-15-27-14-16-5-7-17(8-6-16)18-9-10-22-21(11-18)25-23(28-22)26-12-19-3-1-2-4-20(19)13-26/h1-11H,12-15H2. The van der Waals surface area contributed by atoms with Gasteiger partial charge in [-0.05, 0) is 39.9 Å². The van der Waals surface area contributed by atoms with Gasteiger partial charge in [0.05, 0.1) is 6.61 Å². The Hall–Kier alpha value is -3.18. The van der Waals surface area contributed by atoms with Crippen LogP contribution in [0.4, 0.5) is 10.4 Å². The van der Waals surface area contributed by atoms with E-state index in [1.54, 1.807) is 0 Å². The molecule has 1 aliphatic rings. The molecular formula is C23H19FN2O2. The van der Waals surface area contributed by atoms with Crippen molar-refractivity contribution in [2.45, 2.75) is 19.7 Å². The zero-order chi connectivity index (χ0) is 18.9. The number of hydrogen-bond donors (Lipinski definition) is 0. The Morgan fingerprint density at radius 2 is 1.64 bits per heavy atom. The summed E-state index contributed by atoms with van der Waals surface area (Å²) in [5.41, 5.74) is 7.35. The summed E-state index contributed by atoms with van der Waals surface area (Å²) in [7, 11) is 0. The molecule has 2 heterocycles. The number of benzene rings is 3. The molecule has 5 rings (SSSR count). The fourth-order valence-corrected chi connectivity index (χ4v) is 3.65. The van der Waals surface area contributed by atoms with Crippen LogP contribution in [-0.4, -0.2) is 11.8 Å². The van der Waals surface area contributed by atoms with Gasteiger partial charge in [-0.15, -0.1) is 0 Å². The van der Waals surface area contributed by atoms with E-state index in [1.165, 1.54) is 11.1 Å². The predicted octanol–water partition coefficient (Wildman–Crippen LogP) is 5.46. The van der Waals surface area contributed by atoms with Crippen LogP contribution in [0.2, 0.25) is 0 Å². The average molecular weight is 374 g/mol. The third-order valence-corrected chi connectivity index (χ3v) is 5.12. The van der Waals surface area contributed by atoms with E-state index >= 15 is 0 Å². The molecule has 0 fully saturated rings. The molecule has 0 saturated carbocycles. The molecule has 0 aliphatic carbocycles. The number of rotatable bonds is 5. The van der Waals surface area contributed by atoms with Gasteiger partial charge in [0.25, 0.3) is 6.01 Å². The lowest BCUT2D eigenvalue weighted by molar-refractivity contribution is 0.0462. The molecule has 5 heteroatoms. The molecule has 0 spiro atoms. The average Bonchev–Trinajstić information content (AvgIpc) is 3.36. The second-order valence-corrected chi connectivity index (χ2v) is 6.96. The number of anilines is 1. The third-order valence-electron chi connectivity index (χ3n) is 5.12. The van der Waals surface area contributed by atoms with Crippen molar-refractivity contribution in [2.75, 3.05) is 11.8 Å². The maximum atomic E-state index is 12.1. The Labute approximate surface area is 162 Å². The highest BCUT2D eigenvalue weighted by Crippen LogP contribution is 2.32. The highest BCUT2D eigenvalue weighted by molar-refractivity contribution is 5.81. The van der Waals surface area contributed by atoms with E-state index in [0.29, 0.717) is 6.01 Å². The summed E-state index contributed by atoms with van der Waals surface area (Å²) in [5.74, 6) is 0. The number of hydrogen-bond acceptors (Lipinski definition) is 4. The minimum Gasteiger partial charge on any atom is -0.423 e. The van der Waals surface area contributed by atoms with Crippen molar-refractivity contribution in [1.82, 2.24) is 4.98 Å². The summed E-state index contributed by atoms with van der Waals surface area (Å²) in [5, 5.41) is 0. The highest BCUT2D eigenvalue weighted by atomic mass is 19.1. The SMILES string of the molecule is FCOCc1ccc(-c2ccc3oc(N4Cc5ccccc5C4)nc3c2)cc1. The molecule has 4 nitrogen and oxygen atoms in total. The number of ether oxygens (including phenoxy) is 1. The Balaban J connectivity index is 1.40. The maximum absolute atomic E-state index is 12.1. The Morgan fingerprint density at radius 3 is 2.36 bits per heavy atom. The summed E-state index contributed by atoms with van der Waals surface area (Å²) in [6.45, 7) is 1.15. The van der Waals surface area contributed by atoms with Gasteiger partial charge in [0.1, 0.15) is 5.52 Å². The van der Waals surface area contributed by atoms with E-state index in [1.807, 2.05) is 42.5 Å². The highest BCUT2D eigenvalue weighted by Gasteiger charge is 2.22. The van der Waals surface area contributed by atoms with Crippen molar-refractivity contribution in [3.63, 3.8) is 0 Å². The van der Waals surface area contributed by atoms with Gasteiger partial charge in [-0.1, -0.05) is 54.6 Å². The molecule has 0 radical (unpaired) electrons. The monoisotopic (exact) mass is 374 g/mol. The van der Waals surface area contributed by atoms with Crippen molar-refractivity contribution in [3.8, 4) is 11.1 Å². The topological polar surface area (TPSA) is 38.5 Å².